The molecule has 3 aromatic carbocycles. The summed E-state index contributed by atoms with van der Waals surface area (Å²) in [5.41, 5.74) is 3.54. The maximum Gasteiger partial charge on any atom is 0.227 e. The minimum atomic E-state index is -0.322. The van der Waals surface area contributed by atoms with Gasteiger partial charge in [-0.2, -0.15) is 0 Å². The molecule has 0 aliphatic carbocycles. The highest BCUT2D eigenvalue weighted by atomic mass is 19.1. The van der Waals surface area contributed by atoms with Crippen LogP contribution in [0.3, 0.4) is 0 Å². The average Bonchev–Trinajstić information content (AvgIpc) is 3.12. The molecule has 146 valence electrons. The normalized spacial score (nSPS) is 16.1. The van der Waals surface area contributed by atoms with Gasteiger partial charge in [0, 0.05) is 35.3 Å². The number of rotatable bonds is 5. The second kappa shape index (κ2) is 7.83. The lowest BCUT2D eigenvalue weighted by atomic mass is 10.0. The van der Waals surface area contributed by atoms with Crippen molar-refractivity contribution < 1.29 is 13.6 Å². The molecule has 1 aliphatic rings. The van der Waals surface area contributed by atoms with E-state index in [0.29, 0.717) is 35.5 Å². The van der Waals surface area contributed by atoms with E-state index in [0.717, 1.165) is 5.56 Å². The first kappa shape index (κ1) is 18.8. The van der Waals surface area contributed by atoms with Crippen molar-refractivity contribution in [1.29, 1.82) is 5.41 Å². The fraction of sp³-hybridized carbons (Fsp3) is 0.130. The average molecular weight is 391 g/mol. The van der Waals surface area contributed by atoms with E-state index in [1.807, 2.05) is 6.07 Å². The van der Waals surface area contributed by atoms with Crippen LogP contribution in [-0.2, 0) is 4.79 Å². The monoisotopic (exact) mass is 391 g/mol. The standard InChI is InChI=1S/C23H19F2N3O/c24-17-3-1-15(2-4-17)22-11-12-23(29)28(22)20-9-10-21(16(13-20)14-26)27-19-7-5-18(25)6-8-19/h1-10,13-14,22,26-27H,11-12H2/t22-/m0/s1. The van der Waals surface area contributed by atoms with Gasteiger partial charge in [-0.25, -0.2) is 8.78 Å². The molecule has 1 saturated heterocycles. The van der Waals surface area contributed by atoms with Gasteiger partial charge in [-0.1, -0.05) is 12.1 Å². The predicted molar refractivity (Wildman–Crippen MR) is 110 cm³/mol. The quantitative estimate of drug-likeness (QED) is 0.558. The van der Waals surface area contributed by atoms with Crippen LogP contribution in [0.4, 0.5) is 25.8 Å². The number of hydrogen-bond donors (Lipinski definition) is 2. The summed E-state index contributed by atoms with van der Waals surface area (Å²) in [5, 5.41) is 10.9. The Bertz CT molecular complexity index is 1050. The van der Waals surface area contributed by atoms with Crippen LogP contribution in [0.15, 0.2) is 66.7 Å². The maximum absolute atomic E-state index is 13.3. The Hall–Kier alpha value is -3.54. The third kappa shape index (κ3) is 3.87. The van der Waals surface area contributed by atoms with Gasteiger partial charge in [-0.05, 0) is 66.6 Å². The van der Waals surface area contributed by atoms with E-state index >= 15 is 0 Å². The van der Waals surface area contributed by atoms with Gasteiger partial charge in [-0.15, -0.1) is 0 Å². The number of nitrogens with one attached hydrogen (secondary N) is 2. The van der Waals surface area contributed by atoms with Crippen LogP contribution in [0.2, 0.25) is 0 Å². The molecule has 0 saturated carbocycles. The fourth-order valence-corrected chi connectivity index (χ4v) is 3.63. The van der Waals surface area contributed by atoms with Crippen molar-refractivity contribution in [2.75, 3.05) is 10.2 Å². The van der Waals surface area contributed by atoms with Crippen molar-refractivity contribution in [3.8, 4) is 0 Å². The summed E-state index contributed by atoms with van der Waals surface area (Å²) in [4.78, 5) is 14.3. The summed E-state index contributed by atoms with van der Waals surface area (Å²) in [7, 11) is 0. The maximum atomic E-state index is 13.3. The van der Waals surface area contributed by atoms with E-state index in [1.165, 1.54) is 30.5 Å². The van der Waals surface area contributed by atoms with Crippen LogP contribution in [0.5, 0.6) is 0 Å². The highest BCUT2D eigenvalue weighted by Gasteiger charge is 2.33. The van der Waals surface area contributed by atoms with Crippen molar-refractivity contribution in [1.82, 2.24) is 0 Å². The predicted octanol–water partition coefficient (Wildman–Crippen LogP) is 5.57. The number of hydrogen-bond acceptors (Lipinski definition) is 3. The zero-order chi connectivity index (χ0) is 20.4. The Balaban J connectivity index is 1.65. The summed E-state index contributed by atoms with van der Waals surface area (Å²) in [6.07, 6.45) is 2.28. The summed E-state index contributed by atoms with van der Waals surface area (Å²) < 4.78 is 26.4. The van der Waals surface area contributed by atoms with Crippen LogP contribution in [0.25, 0.3) is 0 Å². The molecule has 1 aliphatic heterocycles. The highest BCUT2D eigenvalue weighted by Crippen LogP contribution is 2.38. The van der Waals surface area contributed by atoms with E-state index in [4.69, 9.17) is 5.41 Å². The van der Waals surface area contributed by atoms with Gasteiger partial charge in [0.2, 0.25) is 5.91 Å². The molecule has 6 heteroatoms. The molecule has 0 aromatic heterocycles. The van der Waals surface area contributed by atoms with Crippen LogP contribution in [-0.4, -0.2) is 12.1 Å². The lowest BCUT2D eigenvalue weighted by molar-refractivity contribution is -0.117. The Morgan fingerprint density at radius 1 is 0.966 bits per heavy atom. The molecule has 4 rings (SSSR count). The molecule has 1 heterocycles. The molecule has 0 unspecified atom stereocenters. The molecule has 0 radical (unpaired) electrons. The zero-order valence-corrected chi connectivity index (χ0v) is 15.5. The van der Waals surface area contributed by atoms with Gasteiger partial charge in [0.15, 0.2) is 0 Å². The fourth-order valence-electron chi connectivity index (χ4n) is 3.63. The first-order valence-electron chi connectivity index (χ1n) is 9.30. The molecule has 0 spiro atoms. The number of benzene rings is 3. The summed E-state index contributed by atoms with van der Waals surface area (Å²) in [6.45, 7) is 0. The second-order valence-corrected chi connectivity index (χ2v) is 6.92. The van der Waals surface area contributed by atoms with E-state index in [1.54, 1.807) is 41.3 Å². The molecule has 29 heavy (non-hydrogen) atoms. The Morgan fingerprint density at radius 3 is 2.28 bits per heavy atom. The van der Waals surface area contributed by atoms with Gasteiger partial charge in [0.25, 0.3) is 0 Å². The number of amides is 1. The van der Waals surface area contributed by atoms with E-state index in [2.05, 4.69) is 5.32 Å². The van der Waals surface area contributed by atoms with Crippen LogP contribution < -0.4 is 10.2 Å². The van der Waals surface area contributed by atoms with Crippen LogP contribution in [0, 0.1) is 17.0 Å². The number of anilines is 3. The summed E-state index contributed by atoms with van der Waals surface area (Å²) in [6, 6.07) is 17.4. The second-order valence-electron chi connectivity index (χ2n) is 6.92. The highest BCUT2D eigenvalue weighted by molar-refractivity contribution is 5.98. The van der Waals surface area contributed by atoms with Gasteiger partial charge >= 0.3 is 0 Å². The van der Waals surface area contributed by atoms with Crippen molar-refractivity contribution in [2.45, 2.75) is 18.9 Å². The van der Waals surface area contributed by atoms with Gasteiger partial charge in [0.1, 0.15) is 11.6 Å². The Kier molecular flexibility index (Phi) is 5.08. The molecule has 4 nitrogen and oxygen atoms in total. The first-order chi connectivity index (χ1) is 14.0. The Morgan fingerprint density at radius 2 is 1.62 bits per heavy atom. The van der Waals surface area contributed by atoms with E-state index in [-0.39, 0.29) is 23.6 Å². The smallest absolute Gasteiger partial charge is 0.227 e. The number of halogens is 2. The lowest BCUT2D eigenvalue weighted by Crippen LogP contribution is -2.27. The third-order valence-electron chi connectivity index (χ3n) is 5.06. The molecular formula is C23H19F2N3O. The van der Waals surface area contributed by atoms with Crippen LogP contribution in [0.1, 0.15) is 30.0 Å². The number of carbonyl (C=O) groups excluding carboxylic acids is 1. The lowest BCUT2D eigenvalue weighted by Gasteiger charge is -2.26. The SMILES string of the molecule is N=Cc1cc(N2C(=O)CC[C@H]2c2ccc(F)cc2)ccc1Nc1ccc(F)cc1. The molecule has 0 bridgehead atoms. The minimum absolute atomic E-state index is 0.00509. The van der Waals surface area contributed by atoms with Crippen molar-refractivity contribution in [2.24, 2.45) is 0 Å². The third-order valence-corrected chi connectivity index (χ3v) is 5.06. The molecule has 3 aromatic rings. The molecule has 1 fully saturated rings. The molecule has 1 amide bonds. The van der Waals surface area contributed by atoms with Crippen molar-refractivity contribution >= 4 is 29.2 Å². The minimum Gasteiger partial charge on any atom is -0.355 e. The summed E-state index contributed by atoms with van der Waals surface area (Å²) in [5.74, 6) is -0.640. The number of carbonyl (C=O) groups is 1. The summed E-state index contributed by atoms with van der Waals surface area (Å²) >= 11 is 0. The van der Waals surface area contributed by atoms with Gasteiger partial charge in [0.05, 0.1) is 6.04 Å². The van der Waals surface area contributed by atoms with E-state index in [9.17, 15) is 13.6 Å². The molecule has 2 N–H and O–H groups in total. The van der Waals surface area contributed by atoms with Crippen molar-refractivity contribution in [3.63, 3.8) is 0 Å². The topological polar surface area (TPSA) is 56.2 Å². The largest absolute Gasteiger partial charge is 0.355 e. The van der Waals surface area contributed by atoms with Gasteiger partial charge in [-0.3, -0.25) is 4.79 Å². The Labute approximate surface area is 167 Å². The van der Waals surface area contributed by atoms with E-state index < -0.39 is 0 Å². The van der Waals surface area contributed by atoms with Crippen molar-refractivity contribution in [3.05, 3.63) is 89.5 Å². The van der Waals surface area contributed by atoms with Gasteiger partial charge < -0.3 is 15.6 Å². The number of nitrogens with zero attached hydrogens (tertiary/aromatic N) is 1. The molecular weight excluding hydrogens is 372 g/mol. The first-order valence-corrected chi connectivity index (χ1v) is 9.30. The zero-order valence-electron chi connectivity index (χ0n) is 15.5. The van der Waals surface area contributed by atoms with Crippen LogP contribution >= 0.6 is 0 Å². The molecule has 1 atom stereocenters.